The number of hydrogen-bond acceptors (Lipinski definition) is 5. The second kappa shape index (κ2) is 9.02. The molecule has 1 fully saturated rings. The zero-order chi connectivity index (χ0) is 19.1. The van der Waals surface area contributed by atoms with Gasteiger partial charge < -0.3 is 15.0 Å². The molecule has 7 nitrogen and oxygen atoms in total. The van der Waals surface area contributed by atoms with E-state index in [1.807, 2.05) is 23.1 Å². The van der Waals surface area contributed by atoms with Gasteiger partial charge in [-0.15, -0.1) is 0 Å². The molecule has 27 heavy (non-hydrogen) atoms. The van der Waals surface area contributed by atoms with Gasteiger partial charge in [0.1, 0.15) is 5.82 Å². The minimum absolute atomic E-state index is 0.0305. The molecule has 0 saturated carbocycles. The van der Waals surface area contributed by atoms with Gasteiger partial charge >= 0.3 is 6.09 Å². The molecule has 1 aliphatic rings. The number of amides is 2. The average Bonchev–Trinajstić information content (AvgIpc) is 2.73. The summed E-state index contributed by atoms with van der Waals surface area (Å²) in [5.74, 6) is 0.618. The highest BCUT2D eigenvalue weighted by Crippen LogP contribution is 2.19. The number of pyridine rings is 1. The molecule has 142 valence electrons. The third-order valence-electron chi connectivity index (χ3n) is 4.53. The molecule has 0 spiro atoms. The van der Waals surface area contributed by atoms with E-state index in [1.54, 1.807) is 24.4 Å². The monoisotopic (exact) mass is 368 g/mol. The lowest BCUT2D eigenvalue weighted by atomic mass is 10.1. The predicted molar refractivity (Wildman–Crippen MR) is 104 cm³/mol. The molecule has 1 aliphatic heterocycles. The lowest BCUT2D eigenvalue weighted by Crippen LogP contribution is -2.36. The number of nitrogens with zero attached hydrogens (tertiary/aromatic N) is 2. The Kier molecular flexibility index (Phi) is 6.25. The molecule has 2 amide bonds. The van der Waals surface area contributed by atoms with Crippen molar-refractivity contribution in [2.75, 3.05) is 30.8 Å². The Morgan fingerprint density at radius 3 is 2.56 bits per heavy atom. The summed E-state index contributed by atoms with van der Waals surface area (Å²) in [7, 11) is 1.32. The number of methoxy groups -OCH3 is 1. The maximum absolute atomic E-state index is 12.8. The summed E-state index contributed by atoms with van der Waals surface area (Å²) in [5, 5.41) is 5.86. The molecule has 7 heteroatoms. The molecule has 1 saturated heterocycles. The third-order valence-corrected chi connectivity index (χ3v) is 4.53. The van der Waals surface area contributed by atoms with Gasteiger partial charge in [-0.25, -0.2) is 9.78 Å². The first-order valence-corrected chi connectivity index (χ1v) is 9.09. The lowest BCUT2D eigenvalue weighted by Gasteiger charge is -2.27. The van der Waals surface area contributed by atoms with Gasteiger partial charge in [0.2, 0.25) is 0 Å². The number of carbonyl (C=O) groups excluding carboxylic acids is 2. The van der Waals surface area contributed by atoms with Gasteiger partial charge in [0.15, 0.2) is 0 Å². The predicted octanol–water partition coefficient (Wildman–Crippen LogP) is 3.50. The van der Waals surface area contributed by atoms with Crippen LogP contribution in [-0.4, -0.2) is 42.1 Å². The van der Waals surface area contributed by atoms with Crippen molar-refractivity contribution in [3.05, 3.63) is 53.7 Å². The van der Waals surface area contributed by atoms with E-state index in [4.69, 9.17) is 0 Å². The number of likely N-dealkylation sites (tertiary alicyclic amines) is 1. The lowest BCUT2D eigenvalue weighted by molar-refractivity contribution is 0.0725. The van der Waals surface area contributed by atoms with Gasteiger partial charge in [-0.05, 0) is 49.1 Å². The molecule has 2 aromatic rings. The highest BCUT2D eigenvalue weighted by molar-refractivity contribution is 5.98. The standard InChI is InChI=1S/C20H24N4O3/c1-27-20(26)23-16-9-7-15(8-10-16)14-22-18-17(6-5-11-21-18)19(25)24-12-3-2-4-13-24/h5-11H,2-4,12-14H2,1H3,(H,21,22)(H,23,26). The molecule has 2 heterocycles. The van der Waals surface area contributed by atoms with E-state index < -0.39 is 6.09 Å². The zero-order valence-electron chi connectivity index (χ0n) is 15.4. The van der Waals surface area contributed by atoms with Crippen LogP contribution in [0.2, 0.25) is 0 Å². The molecular weight excluding hydrogens is 344 g/mol. The number of piperidine rings is 1. The SMILES string of the molecule is COC(=O)Nc1ccc(CNc2ncccc2C(=O)N2CCCCC2)cc1. The summed E-state index contributed by atoms with van der Waals surface area (Å²) in [6.07, 6.45) is 4.47. The minimum Gasteiger partial charge on any atom is -0.453 e. The molecule has 0 aliphatic carbocycles. The summed E-state index contributed by atoms with van der Waals surface area (Å²) < 4.78 is 4.57. The molecule has 0 bridgehead atoms. The van der Waals surface area contributed by atoms with Gasteiger partial charge in [-0.1, -0.05) is 12.1 Å². The van der Waals surface area contributed by atoms with Crippen molar-refractivity contribution in [2.45, 2.75) is 25.8 Å². The molecular formula is C20H24N4O3. The van der Waals surface area contributed by atoms with E-state index in [0.717, 1.165) is 31.5 Å². The van der Waals surface area contributed by atoms with Crippen molar-refractivity contribution in [3.8, 4) is 0 Å². The van der Waals surface area contributed by atoms with Crippen molar-refractivity contribution in [1.82, 2.24) is 9.88 Å². The van der Waals surface area contributed by atoms with Crippen molar-refractivity contribution in [3.63, 3.8) is 0 Å². The summed E-state index contributed by atoms with van der Waals surface area (Å²) in [6, 6.07) is 11.0. The molecule has 0 unspecified atom stereocenters. The van der Waals surface area contributed by atoms with E-state index in [0.29, 0.717) is 23.6 Å². The van der Waals surface area contributed by atoms with Crippen molar-refractivity contribution in [1.29, 1.82) is 0 Å². The first-order valence-electron chi connectivity index (χ1n) is 9.09. The average molecular weight is 368 g/mol. The summed E-state index contributed by atoms with van der Waals surface area (Å²) in [5.41, 5.74) is 2.26. The number of nitrogens with one attached hydrogen (secondary N) is 2. The van der Waals surface area contributed by atoms with Crippen molar-refractivity contribution >= 4 is 23.5 Å². The highest BCUT2D eigenvalue weighted by Gasteiger charge is 2.21. The van der Waals surface area contributed by atoms with E-state index >= 15 is 0 Å². The topological polar surface area (TPSA) is 83.6 Å². The first-order chi connectivity index (χ1) is 13.2. The van der Waals surface area contributed by atoms with Crippen molar-refractivity contribution < 1.29 is 14.3 Å². The number of aromatic nitrogens is 1. The molecule has 1 aromatic carbocycles. The zero-order valence-corrected chi connectivity index (χ0v) is 15.4. The number of carbonyl (C=O) groups is 2. The van der Waals surface area contributed by atoms with Crippen LogP contribution in [0, 0.1) is 0 Å². The van der Waals surface area contributed by atoms with E-state index in [-0.39, 0.29) is 5.91 Å². The van der Waals surface area contributed by atoms with Crippen LogP contribution in [0.3, 0.4) is 0 Å². The highest BCUT2D eigenvalue weighted by atomic mass is 16.5. The van der Waals surface area contributed by atoms with E-state index in [1.165, 1.54) is 13.5 Å². The Morgan fingerprint density at radius 1 is 1.11 bits per heavy atom. The summed E-state index contributed by atoms with van der Waals surface area (Å²) in [4.78, 5) is 30.3. The van der Waals surface area contributed by atoms with Gasteiger partial charge in [0.05, 0.1) is 12.7 Å². The normalized spacial score (nSPS) is 13.7. The van der Waals surface area contributed by atoms with Crippen molar-refractivity contribution in [2.24, 2.45) is 0 Å². The summed E-state index contributed by atoms with van der Waals surface area (Å²) in [6.45, 7) is 2.14. The quantitative estimate of drug-likeness (QED) is 0.844. The van der Waals surface area contributed by atoms with Gasteiger partial charge in [-0.2, -0.15) is 0 Å². The molecule has 0 atom stereocenters. The number of rotatable bonds is 5. The molecule has 0 radical (unpaired) electrons. The van der Waals surface area contributed by atoms with Crippen LogP contribution < -0.4 is 10.6 Å². The fourth-order valence-corrected chi connectivity index (χ4v) is 3.05. The molecule has 1 aromatic heterocycles. The van der Waals surface area contributed by atoms with Crippen LogP contribution in [0.15, 0.2) is 42.6 Å². The van der Waals surface area contributed by atoms with Gasteiger partial charge in [-0.3, -0.25) is 10.1 Å². The largest absolute Gasteiger partial charge is 0.453 e. The van der Waals surface area contributed by atoms with Crippen LogP contribution in [-0.2, 0) is 11.3 Å². The Labute approximate surface area is 158 Å². The molecule has 3 rings (SSSR count). The Balaban J connectivity index is 1.64. The second-order valence-corrected chi connectivity index (χ2v) is 6.42. The third kappa shape index (κ3) is 4.97. The minimum atomic E-state index is -0.504. The number of ether oxygens (including phenoxy) is 1. The van der Waals surface area contributed by atoms with Crippen LogP contribution in [0.1, 0.15) is 35.2 Å². The fraction of sp³-hybridized carbons (Fsp3) is 0.350. The number of hydrogen-bond donors (Lipinski definition) is 2. The maximum Gasteiger partial charge on any atom is 0.411 e. The van der Waals surface area contributed by atoms with Crippen LogP contribution in [0.4, 0.5) is 16.3 Å². The Bertz CT molecular complexity index is 786. The molecule has 2 N–H and O–H groups in total. The van der Waals surface area contributed by atoms with Gasteiger partial charge in [0.25, 0.3) is 5.91 Å². The second-order valence-electron chi connectivity index (χ2n) is 6.42. The van der Waals surface area contributed by atoms with Crippen LogP contribution >= 0.6 is 0 Å². The summed E-state index contributed by atoms with van der Waals surface area (Å²) >= 11 is 0. The van der Waals surface area contributed by atoms with E-state index in [9.17, 15) is 9.59 Å². The van der Waals surface area contributed by atoms with Gasteiger partial charge in [0, 0.05) is 31.5 Å². The smallest absolute Gasteiger partial charge is 0.411 e. The van der Waals surface area contributed by atoms with Crippen LogP contribution in [0.5, 0.6) is 0 Å². The van der Waals surface area contributed by atoms with E-state index in [2.05, 4.69) is 20.4 Å². The Hall–Kier alpha value is -3.09. The van der Waals surface area contributed by atoms with Crippen LogP contribution in [0.25, 0.3) is 0 Å². The first kappa shape index (κ1) is 18.7. The fourth-order valence-electron chi connectivity index (χ4n) is 3.05. The Morgan fingerprint density at radius 2 is 1.85 bits per heavy atom. The maximum atomic E-state index is 12.8. The number of benzene rings is 1. The number of anilines is 2.